The van der Waals surface area contributed by atoms with E-state index in [4.69, 9.17) is 9.47 Å². The van der Waals surface area contributed by atoms with Gasteiger partial charge in [-0.05, 0) is 6.07 Å². The summed E-state index contributed by atoms with van der Waals surface area (Å²) in [6, 6.07) is 7.77. The van der Waals surface area contributed by atoms with Gasteiger partial charge >= 0.3 is 5.97 Å². The zero-order valence-corrected chi connectivity index (χ0v) is 11.6. The molecule has 0 aliphatic carbocycles. The maximum Gasteiger partial charge on any atom is 0.347 e. The first kappa shape index (κ1) is 13.1. The number of fused-ring (bicyclic) bond motifs is 1. The van der Waals surface area contributed by atoms with Crippen LogP contribution in [0.3, 0.4) is 0 Å². The van der Waals surface area contributed by atoms with Gasteiger partial charge in [0.1, 0.15) is 22.2 Å². The maximum absolute atomic E-state index is 11.3. The molecule has 104 valence electrons. The molecule has 6 heteroatoms. The van der Waals surface area contributed by atoms with Crippen molar-refractivity contribution in [2.75, 3.05) is 13.7 Å². The molecule has 2 aromatic rings. The van der Waals surface area contributed by atoms with Crippen LogP contribution in [0, 0.1) is 0 Å². The molecule has 1 aliphatic heterocycles. The van der Waals surface area contributed by atoms with E-state index < -0.39 is 5.97 Å². The summed E-state index contributed by atoms with van der Waals surface area (Å²) in [6.45, 7) is 0.700. The van der Waals surface area contributed by atoms with Gasteiger partial charge in [0.05, 0.1) is 18.2 Å². The normalized spacial score (nSPS) is 16.8. The number of methoxy groups -OCH3 is 1. The number of hydrogen-bond acceptors (Lipinski definition) is 5. The van der Waals surface area contributed by atoms with E-state index in [0.29, 0.717) is 12.3 Å². The van der Waals surface area contributed by atoms with Crippen molar-refractivity contribution in [3.8, 4) is 5.75 Å². The third kappa shape index (κ3) is 2.17. The number of carbonyl (C=O) groups is 1. The average molecular weight is 291 g/mol. The van der Waals surface area contributed by atoms with Crippen LogP contribution in [0.4, 0.5) is 0 Å². The predicted molar refractivity (Wildman–Crippen MR) is 73.6 cm³/mol. The van der Waals surface area contributed by atoms with Gasteiger partial charge in [0.15, 0.2) is 0 Å². The van der Waals surface area contributed by atoms with Crippen molar-refractivity contribution >= 4 is 17.3 Å². The summed E-state index contributed by atoms with van der Waals surface area (Å²) in [5, 5.41) is 9.99. The van der Waals surface area contributed by atoms with Crippen molar-refractivity contribution < 1.29 is 19.4 Å². The number of benzene rings is 1. The Kier molecular flexibility index (Phi) is 3.42. The topological polar surface area (TPSA) is 68.7 Å². The number of carboxylic acid groups (broad SMARTS) is 1. The number of rotatable bonds is 4. The molecule has 1 atom stereocenters. The quantitative estimate of drug-likeness (QED) is 0.937. The van der Waals surface area contributed by atoms with Gasteiger partial charge in [-0.2, -0.15) is 0 Å². The van der Waals surface area contributed by atoms with E-state index in [2.05, 4.69) is 4.98 Å². The van der Waals surface area contributed by atoms with Crippen LogP contribution in [0.25, 0.3) is 0 Å². The second kappa shape index (κ2) is 5.22. The largest absolute Gasteiger partial charge is 0.492 e. The molecule has 0 spiro atoms. The molecule has 1 unspecified atom stereocenters. The van der Waals surface area contributed by atoms with E-state index in [9.17, 15) is 9.90 Å². The highest BCUT2D eigenvalue weighted by molar-refractivity contribution is 7.13. The Morgan fingerprint density at radius 3 is 3.10 bits per heavy atom. The standard InChI is InChI=1S/C14H13NO4S/c1-18-7-10-12(14(16)17)20-13(15-10)9-6-19-11-5-3-2-4-8(9)11/h2-5,9H,6-7H2,1H3,(H,16,17). The highest BCUT2D eigenvalue weighted by atomic mass is 32.1. The first-order valence-electron chi connectivity index (χ1n) is 6.14. The van der Waals surface area contributed by atoms with Gasteiger partial charge in [-0.1, -0.05) is 18.2 Å². The number of thiazole rings is 1. The van der Waals surface area contributed by atoms with Gasteiger partial charge in [-0.25, -0.2) is 9.78 Å². The molecule has 20 heavy (non-hydrogen) atoms. The summed E-state index contributed by atoms with van der Waals surface area (Å²) in [6.07, 6.45) is 0. The van der Waals surface area contributed by atoms with Crippen molar-refractivity contribution in [3.05, 3.63) is 45.4 Å². The summed E-state index contributed by atoms with van der Waals surface area (Å²) in [4.78, 5) is 15.9. The SMILES string of the molecule is COCc1nc(C2COc3ccccc32)sc1C(=O)O. The fourth-order valence-electron chi connectivity index (χ4n) is 2.29. The zero-order valence-electron chi connectivity index (χ0n) is 10.8. The first-order valence-corrected chi connectivity index (χ1v) is 6.96. The van der Waals surface area contributed by atoms with Crippen LogP contribution in [0.2, 0.25) is 0 Å². The second-order valence-electron chi connectivity index (χ2n) is 4.47. The maximum atomic E-state index is 11.3. The van der Waals surface area contributed by atoms with Crippen molar-refractivity contribution in [3.63, 3.8) is 0 Å². The molecule has 0 radical (unpaired) electrons. The Morgan fingerprint density at radius 2 is 2.35 bits per heavy atom. The highest BCUT2D eigenvalue weighted by Crippen LogP contribution is 2.40. The van der Waals surface area contributed by atoms with Crippen LogP contribution in [0.5, 0.6) is 5.75 Å². The van der Waals surface area contributed by atoms with Crippen LogP contribution < -0.4 is 4.74 Å². The number of aromatic nitrogens is 1. The summed E-state index contributed by atoms with van der Waals surface area (Å²) >= 11 is 1.20. The number of hydrogen-bond donors (Lipinski definition) is 1. The lowest BCUT2D eigenvalue weighted by Crippen LogP contribution is -2.03. The molecule has 0 saturated carbocycles. The van der Waals surface area contributed by atoms with Gasteiger partial charge < -0.3 is 14.6 Å². The van der Waals surface area contributed by atoms with E-state index in [1.807, 2.05) is 24.3 Å². The van der Waals surface area contributed by atoms with E-state index in [1.165, 1.54) is 18.4 Å². The molecule has 1 aromatic heterocycles. The number of carboxylic acids is 1. The number of para-hydroxylation sites is 1. The van der Waals surface area contributed by atoms with Gasteiger partial charge in [0, 0.05) is 12.7 Å². The van der Waals surface area contributed by atoms with E-state index in [0.717, 1.165) is 16.3 Å². The van der Waals surface area contributed by atoms with Gasteiger partial charge in [0.2, 0.25) is 0 Å². The van der Waals surface area contributed by atoms with Gasteiger partial charge in [0.25, 0.3) is 0 Å². The summed E-state index contributed by atoms with van der Waals surface area (Å²) in [5.41, 5.74) is 1.53. The molecule has 0 fully saturated rings. The number of aromatic carboxylic acids is 1. The van der Waals surface area contributed by atoms with Crippen LogP contribution in [-0.2, 0) is 11.3 Å². The Morgan fingerprint density at radius 1 is 1.55 bits per heavy atom. The first-order chi connectivity index (χ1) is 9.70. The molecule has 2 heterocycles. The molecule has 0 bridgehead atoms. The zero-order chi connectivity index (χ0) is 14.1. The second-order valence-corrected chi connectivity index (χ2v) is 5.50. The lowest BCUT2D eigenvalue weighted by molar-refractivity contribution is 0.0697. The summed E-state index contributed by atoms with van der Waals surface area (Å²) in [5.74, 6) is -0.120. The molecule has 1 aromatic carbocycles. The summed E-state index contributed by atoms with van der Waals surface area (Å²) in [7, 11) is 1.53. The molecule has 0 amide bonds. The highest BCUT2D eigenvalue weighted by Gasteiger charge is 2.30. The Hall–Kier alpha value is -1.92. The van der Waals surface area contributed by atoms with E-state index >= 15 is 0 Å². The number of nitrogens with zero attached hydrogens (tertiary/aromatic N) is 1. The molecule has 1 aliphatic rings. The lowest BCUT2D eigenvalue weighted by Gasteiger charge is -2.03. The predicted octanol–water partition coefficient (Wildman–Crippen LogP) is 2.51. The average Bonchev–Trinajstić information content (AvgIpc) is 3.02. The van der Waals surface area contributed by atoms with Crippen molar-refractivity contribution in [1.29, 1.82) is 0 Å². The fraction of sp³-hybridized carbons (Fsp3) is 0.286. The summed E-state index contributed by atoms with van der Waals surface area (Å²) < 4.78 is 10.6. The fourth-order valence-corrected chi connectivity index (χ4v) is 3.30. The minimum Gasteiger partial charge on any atom is -0.492 e. The molecular formula is C14H13NO4S. The van der Waals surface area contributed by atoms with E-state index in [1.54, 1.807) is 0 Å². The van der Waals surface area contributed by atoms with Crippen molar-refractivity contribution in [1.82, 2.24) is 4.98 Å². The van der Waals surface area contributed by atoms with Crippen molar-refractivity contribution in [2.24, 2.45) is 0 Å². The van der Waals surface area contributed by atoms with Crippen LogP contribution in [-0.4, -0.2) is 29.8 Å². The van der Waals surface area contributed by atoms with Crippen LogP contribution in [0.15, 0.2) is 24.3 Å². The lowest BCUT2D eigenvalue weighted by atomic mass is 10.0. The Balaban J connectivity index is 2.00. The van der Waals surface area contributed by atoms with Crippen LogP contribution >= 0.6 is 11.3 Å². The Labute approximate surface area is 119 Å². The Bertz CT molecular complexity index is 652. The monoisotopic (exact) mass is 291 g/mol. The third-order valence-electron chi connectivity index (χ3n) is 3.19. The molecule has 5 nitrogen and oxygen atoms in total. The molecule has 1 N–H and O–H groups in total. The minimum atomic E-state index is -0.965. The molecule has 0 saturated heterocycles. The number of ether oxygens (including phenoxy) is 2. The molecular weight excluding hydrogens is 278 g/mol. The van der Waals surface area contributed by atoms with Gasteiger partial charge in [-0.15, -0.1) is 11.3 Å². The third-order valence-corrected chi connectivity index (χ3v) is 4.39. The molecule has 3 rings (SSSR count). The van der Waals surface area contributed by atoms with Crippen LogP contribution in [0.1, 0.15) is 31.9 Å². The van der Waals surface area contributed by atoms with Gasteiger partial charge in [-0.3, -0.25) is 0 Å². The minimum absolute atomic E-state index is 0.0000869. The smallest absolute Gasteiger partial charge is 0.347 e. The van der Waals surface area contributed by atoms with E-state index in [-0.39, 0.29) is 17.4 Å². The van der Waals surface area contributed by atoms with Crippen molar-refractivity contribution in [2.45, 2.75) is 12.5 Å².